The number of rotatable bonds is 2. The Morgan fingerprint density at radius 1 is 0.788 bits per heavy atom. The second-order valence-corrected chi connectivity index (χ2v) is 9.84. The minimum absolute atomic E-state index is 0.154. The fourth-order valence-corrected chi connectivity index (χ4v) is 5.56. The molecule has 2 saturated heterocycles. The van der Waals surface area contributed by atoms with Gasteiger partial charge in [-0.1, -0.05) is 61.4 Å². The van der Waals surface area contributed by atoms with Gasteiger partial charge in [0.05, 0.1) is 0 Å². The average Bonchev–Trinajstić information content (AvgIpc) is 2.84. The number of benzene rings is 2. The quantitative estimate of drug-likeness (QED) is 0.667. The third-order valence-corrected chi connectivity index (χ3v) is 7.58. The lowest BCUT2D eigenvalue weighted by Gasteiger charge is -2.51. The van der Waals surface area contributed by atoms with E-state index in [2.05, 4.69) is 51.2 Å². The van der Waals surface area contributed by atoms with Crippen LogP contribution in [0.5, 0.6) is 0 Å². The monoisotopic (exact) mass is 441 g/mol. The average molecular weight is 442 g/mol. The van der Waals surface area contributed by atoms with Crippen molar-refractivity contribution in [1.82, 2.24) is 15.1 Å². The van der Waals surface area contributed by atoms with E-state index in [0.717, 1.165) is 56.6 Å². The van der Waals surface area contributed by atoms with Gasteiger partial charge in [0, 0.05) is 48.8 Å². The van der Waals surface area contributed by atoms with Gasteiger partial charge >= 0.3 is 6.03 Å². The Hall–Kier alpha value is -2.77. The summed E-state index contributed by atoms with van der Waals surface area (Å²) in [6.07, 6.45) is 8.34. The molecule has 1 saturated carbocycles. The smallest absolute Gasteiger partial charge is 0.317 e. The first-order valence-electron chi connectivity index (χ1n) is 12.7. The van der Waals surface area contributed by atoms with Gasteiger partial charge in [-0.3, -0.25) is 4.90 Å². The SMILES string of the molecule is O=C(NC1CCCCC1)N1CCCCN2C[C@H](c3ccc(C#Cc4ccccc4)cc3)[C@@H]2C1. The first-order valence-corrected chi connectivity index (χ1v) is 12.7. The molecule has 2 aromatic rings. The van der Waals surface area contributed by atoms with E-state index in [9.17, 15) is 4.79 Å². The van der Waals surface area contributed by atoms with Crippen molar-refractivity contribution in [2.24, 2.45) is 0 Å². The summed E-state index contributed by atoms with van der Waals surface area (Å²) >= 11 is 0. The summed E-state index contributed by atoms with van der Waals surface area (Å²) in [5.74, 6) is 7.01. The number of nitrogens with zero attached hydrogens (tertiary/aromatic N) is 2. The van der Waals surface area contributed by atoms with Crippen LogP contribution in [0, 0.1) is 11.8 Å². The van der Waals surface area contributed by atoms with E-state index in [1.165, 1.54) is 31.2 Å². The van der Waals surface area contributed by atoms with Gasteiger partial charge in [0.1, 0.15) is 0 Å². The molecule has 172 valence electrons. The normalized spacial score (nSPS) is 23.8. The van der Waals surface area contributed by atoms with Crippen molar-refractivity contribution in [2.75, 3.05) is 26.2 Å². The second kappa shape index (κ2) is 10.4. The second-order valence-electron chi connectivity index (χ2n) is 9.84. The number of amides is 2. The molecular formula is C29H35N3O. The zero-order valence-electron chi connectivity index (χ0n) is 19.5. The van der Waals surface area contributed by atoms with Crippen molar-refractivity contribution in [1.29, 1.82) is 0 Å². The number of hydrogen-bond acceptors (Lipinski definition) is 2. The third-order valence-electron chi connectivity index (χ3n) is 7.58. The molecule has 2 heterocycles. The fraction of sp³-hybridized carbons (Fsp3) is 0.483. The van der Waals surface area contributed by atoms with Crippen LogP contribution < -0.4 is 5.32 Å². The van der Waals surface area contributed by atoms with Crippen molar-refractivity contribution >= 4 is 6.03 Å². The van der Waals surface area contributed by atoms with Crippen LogP contribution in [0.4, 0.5) is 4.79 Å². The molecule has 1 N–H and O–H groups in total. The Morgan fingerprint density at radius 3 is 2.24 bits per heavy atom. The highest BCUT2D eigenvalue weighted by atomic mass is 16.2. The maximum Gasteiger partial charge on any atom is 0.317 e. The number of hydrogen-bond donors (Lipinski definition) is 1. The van der Waals surface area contributed by atoms with Gasteiger partial charge < -0.3 is 10.2 Å². The number of carbonyl (C=O) groups is 1. The highest BCUT2D eigenvalue weighted by Gasteiger charge is 2.41. The fourth-order valence-electron chi connectivity index (χ4n) is 5.56. The molecule has 0 radical (unpaired) electrons. The molecule has 3 aliphatic rings. The molecule has 0 aromatic heterocycles. The van der Waals surface area contributed by atoms with Crippen LogP contribution in [0.3, 0.4) is 0 Å². The summed E-state index contributed by atoms with van der Waals surface area (Å²) in [6, 6.07) is 19.8. The van der Waals surface area contributed by atoms with Crippen LogP contribution in [-0.2, 0) is 0 Å². The molecule has 0 unspecified atom stereocenters. The Bertz CT molecular complexity index is 985. The molecular weight excluding hydrogens is 406 g/mol. The highest BCUT2D eigenvalue weighted by Crippen LogP contribution is 2.36. The molecule has 2 aromatic carbocycles. The molecule has 1 aliphatic carbocycles. The minimum Gasteiger partial charge on any atom is -0.335 e. The van der Waals surface area contributed by atoms with Crippen molar-refractivity contribution in [3.05, 3.63) is 71.3 Å². The van der Waals surface area contributed by atoms with Crippen molar-refractivity contribution in [3.8, 4) is 11.8 Å². The molecule has 2 aliphatic heterocycles. The number of nitrogens with one attached hydrogen (secondary N) is 1. The van der Waals surface area contributed by atoms with E-state index in [1.807, 2.05) is 30.3 Å². The number of fused-ring (bicyclic) bond motifs is 1. The molecule has 0 bridgehead atoms. The summed E-state index contributed by atoms with van der Waals surface area (Å²) in [6.45, 7) is 3.96. The van der Waals surface area contributed by atoms with Crippen molar-refractivity contribution < 1.29 is 4.79 Å². The van der Waals surface area contributed by atoms with Crippen molar-refractivity contribution in [2.45, 2.75) is 62.9 Å². The Kier molecular flexibility index (Phi) is 6.98. The summed E-state index contributed by atoms with van der Waals surface area (Å²) in [5, 5.41) is 3.34. The molecule has 5 rings (SSSR count). The summed E-state index contributed by atoms with van der Waals surface area (Å²) < 4.78 is 0. The Morgan fingerprint density at radius 2 is 1.48 bits per heavy atom. The highest BCUT2D eigenvalue weighted by molar-refractivity contribution is 5.74. The zero-order valence-corrected chi connectivity index (χ0v) is 19.5. The van der Waals surface area contributed by atoms with Gasteiger partial charge in [-0.15, -0.1) is 0 Å². The lowest BCUT2D eigenvalue weighted by Crippen LogP contribution is -2.62. The van der Waals surface area contributed by atoms with Gasteiger partial charge in [0.15, 0.2) is 0 Å². The zero-order chi connectivity index (χ0) is 22.5. The van der Waals surface area contributed by atoms with Crippen LogP contribution >= 0.6 is 0 Å². The van der Waals surface area contributed by atoms with E-state index in [1.54, 1.807) is 0 Å². The molecule has 33 heavy (non-hydrogen) atoms. The van der Waals surface area contributed by atoms with E-state index in [4.69, 9.17) is 0 Å². The van der Waals surface area contributed by atoms with Crippen LogP contribution in [-0.4, -0.2) is 54.1 Å². The summed E-state index contributed by atoms with van der Waals surface area (Å²) in [4.78, 5) is 17.7. The maximum atomic E-state index is 13.1. The predicted molar refractivity (Wildman–Crippen MR) is 133 cm³/mol. The van der Waals surface area contributed by atoms with E-state index in [0.29, 0.717) is 18.0 Å². The number of urea groups is 1. The van der Waals surface area contributed by atoms with Crippen LogP contribution in [0.25, 0.3) is 0 Å². The number of carbonyl (C=O) groups excluding carboxylic acids is 1. The summed E-state index contributed by atoms with van der Waals surface area (Å²) in [7, 11) is 0. The van der Waals surface area contributed by atoms with Crippen LogP contribution in [0.1, 0.15) is 67.6 Å². The molecule has 4 heteroatoms. The van der Waals surface area contributed by atoms with Crippen molar-refractivity contribution in [3.63, 3.8) is 0 Å². The molecule has 4 nitrogen and oxygen atoms in total. The predicted octanol–water partition coefficient (Wildman–Crippen LogP) is 4.99. The van der Waals surface area contributed by atoms with Gasteiger partial charge in [-0.25, -0.2) is 4.79 Å². The standard InChI is InChI=1S/C29H35N3O/c33-29(30-26-11-5-2-6-12-26)32-20-8-7-19-31-21-27(28(31)22-32)25-17-15-24(16-18-25)14-13-23-9-3-1-4-10-23/h1,3-4,9-10,15-18,26-28H,2,5-8,11-12,19-22H2,(H,30,33)/t27-,28+/m1/s1. The lowest BCUT2D eigenvalue weighted by molar-refractivity contribution is 0.0252. The van der Waals surface area contributed by atoms with E-state index in [-0.39, 0.29) is 6.03 Å². The molecule has 2 atom stereocenters. The van der Waals surface area contributed by atoms with E-state index >= 15 is 0 Å². The molecule has 2 amide bonds. The van der Waals surface area contributed by atoms with Crippen LogP contribution in [0.2, 0.25) is 0 Å². The lowest BCUT2D eigenvalue weighted by atomic mass is 9.81. The third kappa shape index (κ3) is 5.42. The van der Waals surface area contributed by atoms with Gasteiger partial charge in [0.2, 0.25) is 0 Å². The van der Waals surface area contributed by atoms with Crippen LogP contribution in [0.15, 0.2) is 54.6 Å². The minimum atomic E-state index is 0.154. The van der Waals surface area contributed by atoms with E-state index < -0.39 is 0 Å². The first kappa shape index (κ1) is 22.0. The molecule has 0 spiro atoms. The largest absolute Gasteiger partial charge is 0.335 e. The summed E-state index contributed by atoms with van der Waals surface area (Å²) in [5.41, 5.74) is 3.46. The van der Waals surface area contributed by atoms with Gasteiger partial charge in [-0.2, -0.15) is 0 Å². The van der Waals surface area contributed by atoms with Gasteiger partial charge in [-0.05, 0) is 62.1 Å². The Labute approximate surface area is 198 Å². The Balaban J connectivity index is 1.23. The van der Waals surface area contributed by atoms with Gasteiger partial charge in [0.25, 0.3) is 0 Å². The first-order chi connectivity index (χ1) is 16.3. The maximum absolute atomic E-state index is 13.1. The topological polar surface area (TPSA) is 35.6 Å². The molecule has 3 fully saturated rings.